The van der Waals surface area contributed by atoms with Crippen LogP contribution in [-0.2, 0) is 37.0 Å². The molecular weight excluding hydrogens is 486 g/mol. The first-order valence-electron chi connectivity index (χ1n) is 13.4. The third kappa shape index (κ3) is 5.17. The van der Waals surface area contributed by atoms with Crippen molar-refractivity contribution >= 4 is 5.97 Å². The van der Waals surface area contributed by atoms with Crippen molar-refractivity contribution < 1.29 is 23.4 Å². The van der Waals surface area contributed by atoms with Gasteiger partial charge in [0.05, 0.1) is 13.0 Å². The van der Waals surface area contributed by atoms with E-state index in [2.05, 4.69) is 4.90 Å². The van der Waals surface area contributed by atoms with E-state index >= 15 is 4.39 Å². The molecule has 0 unspecified atom stereocenters. The van der Waals surface area contributed by atoms with Crippen molar-refractivity contribution in [1.82, 2.24) is 9.88 Å². The Morgan fingerprint density at radius 2 is 1.92 bits per heavy atom. The van der Waals surface area contributed by atoms with Crippen LogP contribution in [0.5, 0.6) is 5.75 Å². The molecule has 0 atom stereocenters. The van der Waals surface area contributed by atoms with Crippen molar-refractivity contribution in [2.75, 3.05) is 19.7 Å². The third-order valence-electron chi connectivity index (χ3n) is 7.95. The normalized spacial score (nSPS) is 15.1. The number of carbonyl (C=O) groups is 1. The predicted octanol–water partition coefficient (Wildman–Crippen LogP) is 5.90. The summed E-state index contributed by atoms with van der Waals surface area (Å²) in [5.41, 5.74) is 8.26. The number of hydrogen-bond acceptors (Lipinski definition) is 4. The number of aliphatic carboxylic acids is 1. The van der Waals surface area contributed by atoms with E-state index in [1.54, 1.807) is 13.0 Å². The molecule has 7 heteroatoms. The van der Waals surface area contributed by atoms with Gasteiger partial charge in [-0.2, -0.15) is 0 Å². The van der Waals surface area contributed by atoms with Crippen molar-refractivity contribution in [3.63, 3.8) is 0 Å². The van der Waals surface area contributed by atoms with Gasteiger partial charge < -0.3 is 9.84 Å². The van der Waals surface area contributed by atoms with Crippen LogP contribution in [-0.4, -0.2) is 40.7 Å². The number of rotatable bonds is 7. The number of carboxylic acid groups (broad SMARTS) is 1. The summed E-state index contributed by atoms with van der Waals surface area (Å²) in [5.74, 6) is -1.19. The van der Waals surface area contributed by atoms with Gasteiger partial charge in [0, 0.05) is 36.5 Å². The van der Waals surface area contributed by atoms with Crippen LogP contribution in [0.15, 0.2) is 24.3 Å². The maximum absolute atomic E-state index is 15.3. The van der Waals surface area contributed by atoms with Crippen molar-refractivity contribution in [2.24, 2.45) is 0 Å². The number of pyridine rings is 1. The molecule has 1 aromatic heterocycles. The first-order valence-corrected chi connectivity index (χ1v) is 13.4. The Labute approximate surface area is 222 Å². The number of benzene rings is 2. The molecule has 5 nitrogen and oxygen atoms in total. The molecule has 0 saturated heterocycles. The first kappa shape index (κ1) is 26.3. The lowest BCUT2D eigenvalue weighted by Crippen LogP contribution is -2.33. The van der Waals surface area contributed by atoms with E-state index in [1.165, 1.54) is 6.07 Å². The van der Waals surface area contributed by atoms with Crippen molar-refractivity contribution in [2.45, 2.75) is 65.8 Å². The molecule has 200 valence electrons. The Bertz CT molecular complexity index is 1400. The van der Waals surface area contributed by atoms with E-state index in [0.29, 0.717) is 35.7 Å². The lowest BCUT2D eigenvalue weighted by molar-refractivity contribution is -0.136. The number of carboxylic acids is 1. The Hall–Kier alpha value is -3.32. The highest BCUT2D eigenvalue weighted by Gasteiger charge is 2.29. The second-order valence-corrected chi connectivity index (χ2v) is 10.6. The third-order valence-corrected chi connectivity index (χ3v) is 7.95. The molecule has 0 radical (unpaired) electrons. The van der Waals surface area contributed by atoms with Crippen LogP contribution in [0.4, 0.5) is 8.78 Å². The van der Waals surface area contributed by atoms with Crippen LogP contribution in [0.3, 0.4) is 0 Å². The second-order valence-electron chi connectivity index (χ2n) is 10.6. The minimum absolute atomic E-state index is 0.172. The van der Waals surface area contributed by atoms with E-state index in [1.807, 2.05) is 26.0 Å². The fourth-order valence-corrected chi connectivity index (χ4v) is 5.89. The van der Waals surface area contributed by atoms with E-state index in [0.717, 1.165) is 84.3 Å². The maximum atomic E-state index is 15.3. The molecule has 1 N–H and O–H groups in total. The fourth-order valence-electron chi connectivity index (χ4n) is 5.89. The summed E-state index contributed by atoms with van der Waals surface area (Å²) in [6.07, 6.45) is 3.78. The number of aromatic nitrogens is 1. The summed E-state index contributed by atoms with van der Waals surface area (Å²) in [5, 5.41) is 9.74. The van der Waals surface area contributed by atoms with E-state index in [4.69, 9.17) is 9.72 Å². The minimum atomic E-state index is -0.937. The molecule has 2 aromatic carbocycles. The van der Waals surface area contributed by atoms with Crippen LogP contribution < -0.4 is 4.74 Å². The molecule has 0 aliphatic carbocycles. The molecule has 38 heavy (non-hydrogen) atoms. The maximum Gasteiger partial charge on any atom is 0.307 e. The number of ether oxygens (including phenoxy) is 1. The average molecular weight is 521 g/mol. The lowest BCUT2D eigenvalue weighted by Gasteiger charge is -2.32. The fraction of sp³-hybridized carbons (Fsp3) is 0.419. The summed E-state index contributed by atoms with van der Waals surface area (Å²) in [6.45, 7) is 8.37. The van der Waals surface area contributed by atoms with E-state index < -0.39 is 11.8 Å². The van der Waals surface area contributed by atoms with Gasteiger partial charge in [-0.25, -0.2) is 8.78 Å². The Balaban J connectivity index is 1.50. The standard InChI is InChI=1S/C31H34F2N2O3/c1-18-8-9-21(14-26(18)32)6-4-11-35-12-10-28-25(17-35)30(24(16-29(36)37)20(3)34-28)23-15-27(33)31-22(19(23)2)7-5-13-38-31/h8-9,14-15H,4-7,10-13,16-17H2,1-3H3,(H,36,37). The average Bonchev–Trinajstić information content (AvgIpc) is 2.89. The summed E-state index contributed by atoms with van der Waals surface area (Å²) in [4.78, 5) is 19.0. The first-order chi connectivity index (χ1) is 18.2. The van der Waals surface area contributed by atoms with Crippen molar-refractivity contribution in [3.8, 4) is 16.9 Å². The van der Waals surface area contributed by atoms with Gasteiger partial charge in [0.15, 0.2) is 11.6 Å². The molecule has 2 aliphatic heterocycles. The van der Waals surface area contributed by atoms with Crippen LogP contribution in [0.1, 0.15) is 57.6 Å². The highest BCUT2D eigenvalue weighted by Crippen LogP contribution is 2.42. The van der Waals surface area contributed by atoms with Crippen LogP contribution >= 0.6 is 0 Å². The van der Waals surface area contributed by atoms with Crippen molar-refractivity contribution in [3.05, 3.63) is 80.7 Å². The highest BCUT2D eigenvalue weighted by atomic mass is 19.1. The molecular formula is C31H34F2N2O3. The molecule has 2 aliphatic rings. The molecule has 0 spiro atoms. The van der Waals surface area contributed by atoms with E-state index in [-0.39, 0.29) is 12.2 Å². The van der Waals surface area contributed by atoms with Gasteiger partial charge in [-0.15, -0.1) is 0 Å². The van der Waals surface area contributed by atoms with Crippen molar-refractivity contribution in [1.29, 1.82) is 0 Å². The highest BCUT2D eigenvalue weighted by molar-refractivity contribution is 5.82. The van der Waals surface area contributed by atoms with Gasteiger partial charge in [0.2, 0.25) is 0 Å². The number of hydrogen-bond donors (Lipinski definition) is 1. The molecule has 5 rings (SSSR count). The van der Waals surface area contributed by atoms with Crippen LogP contribution in [0, 0.1) is 32.4 Å². The quantitative estimate of drug-likeness (QED) is 0.421. The molecule has 0 amide bonds. The zero-order valence-corrected chi connectivity index (χ0v) is 22.3. The molecule has 3 aromatic rings. The van der Waals surface area contributed by atoms with Crippen LogP contribution in [0.25, 0.3) is 11.1 Å². The largest absolute Gasteiger partial charge is 0.490 e. The number of halogens is 2. The van der Waals surface area contributed by atoms with E-state index in [9.17, 15) is 14.3 Å². The topological polar surface area (TPSA) is 62.7 Å². The minimum Gasteiger partial charge on any atom is -0.490 e. The van der Waals surface area contributed by atoms with Gasteiger partial charge in [-0.3, -0.25) is 14.7 Å². The molecule has 0 saturated carbocycles. The number of fused-ring (bicyclic) bond motifs is 2. The Kier molecular flexibility index (Phi) is 7.48. The Morgan fingerprint density at radius 3 is 2.68 bits per heavy atom. The second kappa shape index (κ2) is 10.8. The SMILES string of the molecule is Cc1ccc(CCCN2CCc3nc(C)c(CC(=O)O)c(-c4cc(F)c5c(c4C)CCCO5)c3C2)cc1F. The van der Waals surface area contributed by atoms with Gasteiger partial charge >= 0.3 is 5.97 Å². The van der Waals surface area contributed by atoms with Gasteiger partial charge in [0.25, 0.3) is 0 Å². The van der Waals surface area contributed by atoms with Crippen LogP contribution in [0.2, 0.25) is 0 Å². The zero-order chi connectivity index (χ0) is 27.0. The lowest BCUT2D eigenvalue weighted by atomic mass is 9.84. The van der Waals surface area contributed by atoms with Gasteiger partial charge in [-0.1, -0.05) is 12.1 Å². The van der Waals surface area contributed by atoms with Gasteiger partial charge in [-0.05, 0) is 104 Å². The smallest absolute Gasteiger partial charge is 0.307 e. The number of aryl methyl sites for hydroxylation is 3. The molecule has 0 bridgehead atoms. The molecule has 3 heterocycles. The summed E-state index contributed by atoms with van der Waals surface area (Å²) < 4.78 is 34.9. The number of nitrogens with zero attached hydrogens (tertiary/aromatic N) is 2. The summed E-state index contributed by atoms with van der Waals surface area (Å²) in [7, 11) is 0. The zero-order valence-electron chi connectivity index (χ0n) is 22.3. The monoisotopic (exact) mass is 520 g/mol. The summed E-state index contributed by atoms with van der Waals surface area (Å²) in [6, 6.07) is 6.92. The Morgan fingerprint density at radius 1 is 1.11 bits per heavy atom. The predicted molar refractivity (Wildman–Crippen MR) is 143 cm³/mol. The molecule has 0 fully saturated rings. The van der Waals surface area contributed by atoms with Gasteiger partial charge in [0.1, 0.15) is 5.82 Å². The summed E-state index contributed by atoms with van der Waals surface area (Å²) >= 11 is 0.